The molecule has 8 nitrogen and oxygen atoms in total. The van der Waals surface area contributed by atoms with E-state index in [4.69, 9.17) is 5.73 Å². The van der Waals surface area contributed by atoms with Crippen LogP contribution in [-0.4, -0.2) is 35.4 Å². The average molecular weight is 293 g/mol. The largest absolute Gasteiger partial charge is 0.370 e. The Kier molecular flexibility index (Phi) is 3.97. The van der Waals surface area contributed by atoms with Crippen molar-refractivity contribution < 1.29 is 9.72 Å². The van der Waals surface area contributed by atoms with Crippen molar-refractivity contribution in [3.63, 3.8) is 0 Å². The number of nitrogens with two attached hydrogens (primary N) is 1. The summed E-state index contributed by atoms with van der Waals surface area (Å²) in [6.07, 6.45) is 0.614. The summed E-state index contributed by atoms with van der Waals surface area (Å²) >= 11 is 0. The van der Waals surface area contributed by atoms with E-state index in [0.29, 0.717) is 37.7 Å². The lowest BCUT2D eigenvalue weighted by molar-refractivity contribution is -0.384. The van der Waals surface area contributed by atoms with Crippen LogP contribution in [0.1, 0.15) is 20.3 Å². The van der Waals surface area contributed by atoms with Crippen LogP contribution in [0, 0.1) is 15.5 Å². The average Bonchev–Trinajstić information content (AvgIpc) is 2.83. The van der Waals surface area contributed by atoms with Crippen molar-refractivity contribution in [3.8, 4) is 0 Å². The second kappa shape index (κ2) is 5.55. The van der Waals surface area contributed by atoms with Gasteiger partial charge in [0.15, 0.2) is 0 Å². The molecule has 114 valence electrons. The first-order chi connectivity index (χ1) is 9.85. The van der Waals surface area contributed by atoms with Gasteiger partial charge in [-0.25, -0.2) is 4.98 Å². The quantitative estimate of drug-likeness (QED) is 0.621. The van der Waals surface area contributed by atoms with Crippen molar-refractivity contribution in [2.75, 3.05) is 29.9 Å². The fraction of sp³-hybridized carbons (Fsp3) is 0.538. The minimum absolute atomic E-state index is 0.0244. The van der Waals surface area contributed by atoms with Gasteiger partial charge in [-0.3, -0.25) is 14.9 Å². The van der Waals surface area contributed by atoms with E-state index >= 15 is 0 Å². The number of nitrogens with zero attached hydrogens (tertiary/aromatic N) is 3. The van der Waals surface area contributed by atoms with Gasteiger partial charge in [-0.05, 0) is 20.3 Å². The van der Waals surface area contributed by atoms with Crippen LogP contribution in [-0.2, 0) is 4.79 Å². The summed E-state index contributed by atoms with van der Waals surface area (Å²) in [6, 6.07) is 2.82. The van der Waals surface area contributed by atoms with E-state index in [-0.39, 0.29) is 11.6 Å². The van der Waals surface area contributed by atoms with Crippen LogP contribution in [0.4, 0.5) is 17.3 Å². The molecule has 0 radical (unpaired) electrons. The Morgan fingerprint density at radius 1 is 1.62 bits per heavy atom. The molecule has 1 unspecified atom stereocenters. The summed E-state index contributed by atoms with van der Waals surface area (Å²) in [5.74, 6) is 0.585. The van der Waals surface area contributed by atoms with E-state index < -0.39 is 10.3 Å². The highest BCUT2D eigenvalue weighted by Crippen LogP contribution is 2.34. The zero-order chi connectivity index (χ0) is 15.6. The number of carbonyl (C=O) groups excluding carboxylic acids is 1. The maximum absolute atomic E-state index is 11.5. The van der Waals surface area contributed by atoms with Crippen molar-refractivity contribution >= 4 is 23.2 Å². The molecule has 0 aliphatic carbocycles. The van der Waals surface area contributed by atoms with Crippen molar-refractivity contribution in [2.45, 2.75) is 20.3 Å². The zero-order valence-corrected chi connectivity index (χ0v) is 12.1. The van der Waals surface area contributed by atoms with Crippen molar-refractivity contribution in [3.05, 3.63) is 22.2 Å². The number of carbonyl (C=O) groups is 1. The smallest absolute Gasteiger partial charge is 0.276 e. The standard InChI is InChI=1S/C13H19N5O3/c1-3-15-10-6-9(18(20)21)7-11(16-10)17-5-4-13(2,8-17)12(14)19/h6-7H,3-5,8H2,1-2H3,(H2,14,19)(H,15,16). The molecule has 21 heavy (non-hydrogen) atoms. The normalized spacial score (nSPS) is 21.3. The number of anilines is 2. The fourth-order valence-electron chi connectivity index (χ4n) is 2.40. The van der Waals surface area contributed by atoms with Gasteiger partial charge in [0.2, 0.25) is 5.91 Å². The summed E-state index contributed by atoms with van der Waals surface area (Å²) in [5.41, 5.74) is 4.78. The number of amides is 1. The van der Waals surface area contributed by atoms with Crippen LogP contribution < -0.4 is 16.0 Å². The van der Waals surface area contributed by atoms with Gasteiger partial charge < -0.3 is 16.0 Å². The number of pyridine rings is 1. The molecule has 1 saturated heterocycles. The minimum Gasteiger partial charge on any atom is -0.370 e. The first-order valence-corrected chi connectivity index (χ1v) is 6.81. The van der Waals surface area contributed by atoms with Crippen LogP contribution in [0.25, 0.3) is 0 Å². The summed E-state index contributed by atoms with van der Waals surface area (Å²) in [4.78, 5) is 28.3. The lowest BCUT2D eigenvalue weighted by Gasteiger charge is -2.22. The lowest BCUT2D eigenvalue weighted by atomic mass is 9.89. The molecule has 8 heteroatoms. The van der Waals surface area contributed by atoms with E-state index in [1.165, 1.54) is 12.1 Å². The third-order valence-electron chi connectivity index (χ3n) is 3.76. The molecule has 1 aromatic rings. The summed E-state index contributed by atoms with van der Waals surface area (Å²) in [6.45, 7) is 5.33. The Labute approximate surface area is 122 Å². The number of hydrogen-bond donors (Lipinski definition) is 2. The van der Waals surface area contributed by atoms with E-state index in [2.05, 4.69) is 10.3 Å². The molecule has 1 aromatic heterocycles. The molecule has 0 spiro atoms. The van der Waals surface area contributed by atoms with Gasteiger partial charge in [0.1, 0.15) is 11.6 Å². The molecule has 0 bridgehead atoms. The van der Waals surface area contributed by atoms with Crippen LogP contribution in [0.3, 0.4) is 0 Å². The van der Waals surface area contributed by atoms with E-state index in [0.717, 1.165) is 0 Å². The zero-order valence-electron chi connectivity index (χ0n) is 12.1. The predicted molar refractivity (Wildman–Crippen MR) is 79.2 cm³/mol. The van der Waals surface area contributed by atoms with Crippen molar-refractivity contribution in [2.24, 2.45) is 11.1 Å². The van der Waals surface area contributed by atoms with Gasteiger partial charge in [0, 0.05) is 19.6 Å². The van der Waals surface area contributed by atoms with Crippen molar-refractivity contribution in [1.29, 1.82) is 0 Å². The minimum atomic E-state index is -0.620. The Balaban J connectivity index is 2.31. The molecule has 2 rings (SSSR count). The summed E-state index contributed by atoms with van der Waals surface area (Å²) < 4.78 is 0. The van der Waals surface area contributed by atoms with Gasteiger partial charge in [0.05, 0.1) is 22.5 Å². The first-order valence-electron chi connectivity index (χ1n) is 6.81. The molecule has 3 N–H and O–H groups in total. The number of rotatable bonds is 5. The molecule has 1 fully saturated rings. The maximum Gasteiger partial charge on any atom is 0.276 e. The van der Waals surface area contributed by atoms with Crippen LogP contribution in [0.2, 0.25) is 0 Å². The summed E-state index contributed by atoms with van der Waals surface area (Å²) in [5, 5.41) is 14.0. The molecule has 2 heterocycles. The monoisotopic (exact) mass is 293 g/mol. The Hall–Kier alpha value is -2.38. The second-order valence-electron chi connectivity index (χ2n) is 5.45. The van der Waals surface area contributed by atoms with Gasteiger partial charge in [-0.15, -0.1) is 0 Å². The Morgan fingerprint density at radius 2 is 2.33 bits per heavy atom. The summed E-state index contributed by atoms with van der Waals surface area (Å²) in [7, 11) is 0. The van der Waals surface area contributed by atoms with Gasteiger partial charge in [-0.1, -0.05) is 0 Å². The van der Waals surface area contributed by atoms with E-state index in [1.54, 1.807) is 6.92 Å². The molecule has 1 amide bonds. The topological polar surface area (TPSA) is 114 Å². The number of primary amides is 1. The van der Waals surface area contributed by atoms with E-state index in [9.17, 15) is 14.9 Å². The highest BCUT2D eigenvalue weighted by Gasteiger charge is 2.39. The van der Waals surface area contributed by atoms with Crippen LogP contribution >= 0.6 is 0 Å². The van der Waals surface area contributed by atoms with E-state index in [1.807, 2.05) is 11.8 Å². The second-order valence-corrected chi connectivity index (χ2v) is 5.45. The highest BCUT2D eigenvalue weighted by molar-refractivity contribution is 5.82. The molecule has 0 saturated carbocycles. The van der Waals surface area contributed by atoms with Gasteiger partial charge in [-0.2, -0.15) is 0 Å². The maximum atomic E-state index is 11.5. The third kappa shape index (κ3) is 3.04. The fourth-order valence-corrected chi connectivity index (χ4v) is 2.40. The molecule has 0 aromatic carbocycles. The van der Waals surface area contributed by atoms with Crippen LogP contribution in [0.15, 0.2) is 12.1 Å². The number of hydrogen-bond acceptors (Lipinski definition) is 6. The Bertz CT molecular complexity index is 577. The molecule has 1 atom stereocenters. The highest BCUT2D eigenvalue weighted by atomic mass is 16.6. The van der Waals surface area contributed by atoms with Gasteiger partial charge >= 0.3 is 0 Å². The first kappa shape index (κ1) is 15.0. The van der Waals surface area contributed by atoms with Crippen molar-refractivity contribution in [1.82, 2.24) is 4.98 Å². The lowest BCUT2D eigenvalue weighted by Crippen LogP contribution is -2.37. The van der Waals surface area contributed by atoms with Crippen LogP contribution in [0.5, 0.6) is 0 Å². The molecule has 1 aliphatic rings. The predicted octanol–water partition coefficient (Wildman–Crippen LogP) is 1.12. The molecular formula is C13H19N5O3. The third-order valence-corrected chi connectivity index (χ3v) is 3.76. The van der Waals surface area contributed by atoms with Gasteiger partial charge in [0.25, 0.3) is 5.69 Å². The number of nitro groups is 1. The SMILES string of the molecule is CCNc1cc([N+](=O)[O-])cc(N2CCC(C)(C(N)=O)C2)n1. The Morgan fingerprint density at radius 3 is 2.86 bits per heavy atom. The number of aromatic nitrogens is 1. The molecular weight excluding hydrogens is 274 g/mol. The number of nitrogens with one attached hydrogen (secondary N) is 1. The molecule has 1 aliphatic heterocycles.